The standard InChI is InChI=1S/C13H14N4O/c1-17-4-3-15-13(17)11-5-8-6-12(18-2)9(14)7-10(8)16-11/h3-7,16H,14H2,1-2H3. The Bertz CT molecular complexity index is 711. The highest BCUT2D eigenvalue weighted by Gasteiger charge is 2.09. The molecule has 0 aliphatic heterocycles. The van der Waals surface area contributed by atoms with Crippen molar-refractivity contribution in [3.05, 3.63) is 30.6 Å². The molecule has 1 aromatic carbocycles. The average Bonchev–Trinajstić information content (AvgIpc) is 2.93. The molecular formula is C13H14N4O. The Morgan fingerprint density at radius 1 is 1.33 bits per heavy atom. The Labute approximate surface area is 104 Å². The second-order valence-corrected chi connectivity index (χ2v) is 4.23. The van der Waals surface area contributed by atoms with Gasteiger partial charge in [0, 0.05) is 30.3 Å². The van der Waals surface area contributed by atoms with Crippen LogP contribution < -0.4 is 10.5 Å². The van der Waals surface area contributed by atoms with E-state index in [4.69, 9.17) is 10.5 Å². The number of nitrogens with one attached hydrogen (secondary N) is 1. The fourth-order valence-corrected chi connectivity index (χ4v) is 2.10. The molecular weight excluding hydrogens is 228 g/mol. The number of nitrogens with zero attached hydrogens (tertiary/aromatic N) is 2. The van der Waals surface area contributed by atoms with Crippen molar-refractivity contribution in [1.29, 1.82) is 0 Å². The van der Waals surface area contributed by atoms with Gasteiger partial charge in [-0.2, -0.15) is 0 Å². The number of nitrogen functional groups attached to an aromatic ring is 1. The van der Waals surface area contributed by atoms with Gasteiger partial charge in [0.1, 0.15) is 5.75 Å². The third kappa shape index (κ3) is 1.52. The van der Waals surface area contributed by atoms with Crippen molar-refractivity contribution in [3.63, 3.8) is 0 Å². The predicted octanol–water partition coefficient (Wildman–Crippen LogP) is 2.16. The Morgan fingerprint density at radius 2 is 2.17 bits per heavy atom. The number of fused-ring (bicyclic) bond motifs is 1. The van der Waals surface area contributed by atoms with Gasteiger partial charge in [0.15, 0.2) is 5.82 Å². The van der Waals surface area contributed by atoms with Crippen LogP contribution in [0.3, 0.4) is 0 Å². The zero-order valence-corrected chi connectivity index (χ0v) is 10.3. The maximum absolute atomic E-state index is 5.89. The summed E-state index contributed by atoms with van der Waals surface area (Å²) in [5.41, 5.74) is 8.45. The topological polar surface area (TPSA) is 68.9 Å². The van der Waals surface area contributed by atoms with E-state index in [-0.39, 0.29) is 0 Å². The fraction of sp³-hybridized carbons (Fsp3) is 0.154. The molecule has 3 aromatic rings. The molecule has 0 saturated heterocycles. The van der Waals surface area contributed by atoms with E-state index in [0.29, 0.717) is 11.4 Å². The Balaban J connectivity index is 2.20. The number of benzene rings is 1. The molecule has 0 saturated carbocycles. The molecule has 0 aliphatic carbocycles. The first-order valence-electron chi connectivity index (χ1n) is 5.63. The number of anilines is 1. The maximum atomic E-state index is 5.89. The number of hydrogen-bond donors (Lipinski definition) is 2. The van der Waals surface area contributed by atoms with E-state index in [1.54, 1.807) is 13.3 Å². The van der Waals surface area contributed by atoms with Crippen LogP contribution in [-0.2, 0) is 7.05 Å². The summed E-state index contributed by atoms with van der Waals surface area (Å²) >= 11 is 0. The second-order valence-electron chi connectivity index (χ2n) is 4.23. The van der Waals surface area contributed by atoms with E-state index in [2.05, 4.69) is 9.97 Å². The molecule has 0 unspecified atom stereocenters. The van der Waals surface area contributed by atoms with Crippen LogP contribution in [-0.4, -0.2) is 21.6 Å². The van der Waals surface area contributed by atoms with Crippen molar-refractivity contribution in [1.82, 2.24) is 14.5 Å². The fourth-order valence-electron chi connectivity index (χ4n) is 2.10. The number of hydrogen-bond acceptors (Lipinski definition) is 3. The smallest absolute Gasteiger partial charge is 0.156 e. The van der Waals surface area contributed by atoms with Crippen LogP contribution in [0.15, 0.2) is 30.6 Å². The van der Waals surface area contributed by atoms with Gasteiger partial charge in [0.25, 0.3) is 0 Å². The lowest BCUT2D eigenvalue weighted by Gasteiger charge is -2.03. The van der Waals surface area contributed by atoms with Crippen molar-refractivity contribution in [2.75, 3.05) is 12.8 Å². The minimum Gasteiger partial charge on any atom is -0.495 e. The van der Waals surface area contributed by atoms with Gasteiger partial charge >= 0.3 is 0 Å². The molecule has 3 rings (SSSR count). The first-order chi connectivity index (χ1) is 8.69. The van der Waals surface area contributed by atoms with E-state index < -0.39 is 0 Å². The first kappa shape index (κ1) is 10.7. The summed E-state index contributed by atoms with van der Waals surface area (Å²) in [7, 11) is 3.58. The van der Waals surface area contributed by atoms with Crippen LogP contribution in [0.2, 0.25) is 0 Å². The predicted molar refractivity (Wildman–Crippen MR) is 71.5 cm³/mol. The Kier molecular flexibility index (Phi) is 2.26. The van der Waals surface area contributed by atoms with Gasteiger partial charge < -0.3 is 20.0 Å². The molecule has 18 heavy (non-hydrogen) atoms. The average molecular weight is 242 g/mol. The zero-order valence-electron chi connectivity index (χ0n) is 10.3. The molecule has 2 aromatic heterocycles. The number of aromatic nitrogens is 3. The molecule has 5 nitrogen and oxygen atoms in total. The minimum atomic E-state index is 0.623. The number of ether oxygens (including phenoxy) is 1. The molecule has 0 atom stereocenters. The highest BCUT2D eigenvalue weighted by atomic mass is 16.5. The summed E-state index contributed by atoms with van der Waals surface area (Å²) in [4.78, 5) is 7.63. The third-order valence-corrected chi connectivity index (χ3v) is 3.03. The number of nitrogens with two attached hydrogens (primary N) is 1. The van der Waals surface area contributed by atoms with Gasteiger partial charge in [-0.25, -0.2) is 4.98 Å². The van der Waals surface area contributed by atoms with Crippen LogP contribution in [0.5, 0.6) is 5.75 Å². The number of methoxy groups -OCH3 is 1. The number of aryl methyl sites for hydroxylation is 1. The molecule has 0 fully saturated rings. The van der Waals surface area contributed by atoms with Crippen molar-refractivity contribution >= 4 is 16.6 Å². The zero-order chi connectivity index (χ0) is 12.7. The van der Waals surface area contributed by atoms with Gasteiger partial charge in [-0.1, -0.05) is 0 Å². The van der Waals surface area contributed by atoms with Crippen molar-refractivity contribution in [3.8, 4) is 17.3 Å². The van der Waals surface area contributed by atoms with Gasteiger partial charge in [-0.15, -0.1) is 0 Å². The van der Waals surface area contributed by atoms with Crippen LogP contribution in [0.1, 0.15) is 0 Å². The normalized spacial score (nSPS) is 11.0. The maximum Gasteiger partial charge on any atom is 0.156 e. The molecule has 3 N–H and O–H groups in total. The van der Waals surface area contributed by atoms with E-state index in [0.717, 1.165) is 22.4 Å². The summed E-state index contributed by atoms with van der Waals surface area (Å²) in [6.45, 7) is 0. The van der Waals surface area contributed by atoms with Crippen molar-refractivity contribution in [2.24, 2.45) is 7.05 Å². The monoisotopic (exact) mass is 242 g/mol. The molecule has 0 aliphatic rings. The van der Waals surface area contributed by atoms with Crippen molar-refractivity contribution < 1.29 is 4.74 Å². The minimum absolute atomic E-state index is 0.623. The van der Waals surface area contributed by atoms with Crippen LogP contribution in [0, 0.1) is 0 Å². The summed E-state index contributed by atoms with van der Waals surface area (Å²) in [5, 5.41) is 1.05. The van der Waals surface area contributed by atoms with E-state index >= 15 is 0 Å². The van der Waals surface area contributed by atoms with E-state index in [1.807, 2.05) is 36.0 Å². The summed E-state index contributed by atoms with van der Waals surface area (Å²) in [5.74, 6) is 1.58. The first-order valence-corrected chi connectivity index (χ1v) is 5.63. The third-order valence-electron chi connectivity index (χ3n) is 3.03. The number of aromatic amines is 1. The lowest BCUT2D eigenvalue weighted by Crippen LogP contribution is -1.91. The summed E-state index contributed by atoms with van der Waals surface area (Å²) in [6.07, 6.45) is 3.69. The van der Waals surface area contributed by atoms with Crippen LogP contribution >= 0.6 is 0 Å². The van der Waals surface area contributed by atoms with Crippen LogP contribution in [0.25, 0.3) is 22.4 Å². The van der Waals surface area contributed by atoms with E-state index in [9.17, 15) is 0 Å². The quantitative estimate of drug-likeness (QED) is 0.676. The Hall–Kier alpha value is -2.43. The van der Waals surface area contributed by atoms with E-state index in [1.165, 1.54) is 0 Å². The molecule has 5 heteroatoms. The molecule has 92 valence electrons. The second kappa shape index (κ2) is 3.80. The number of imidazole rings is 1. The number of H-pyrrole nitrogens is 1. The lowest BCUT2D eigenvalue weighted by molar-refractivity contribution is 0.417. The molecule has 0 amide bonds. The van der Waals surface area contributed by atoms with Gasteiger partial charge in [0.2, 0.25) is 0 Å². The molecule has 0 bridgehead atoms. The van der Waals surface area contributed by atoms with Crippen LogP contribution in [0.4, 0.5) is 5.69 Å². The highest BCUT2D eigenvalue weighted by molar-refractivity contribution is 5.89. The largest absolute Gasteiger partial charge is 0.495 e. The lowest BCUT2D eigenvalue weighted by atomic mass is 10.2. The summed E-state index contributed by atoms with van der Waals surface area (Å²) in [6, 6.07) is 5.84. The molecule has 0 spiro atoms. The van der Waals surface area contributed by atoms with Gasteiger partial charge in [0.05, 0.1) is 18.5 Å². The SMILES string of the molecule is COc1cc2cc(-c3nccn3C)[nH]c2cc1N. The van der Waals surface area contributed by atoms with Crippen molar-refractivity contribution in [2.45, 2.75) is 0 Å². The highest BCUT2D eigenvalue weighted by Crippen LogP contribution is 2.30. The van der Waals surface area contributed by atoms with Gasteiger partial charge in [-0.05, 0) is 18.2 Å². The summed E-state index contributed by atoms with van der Waals surface area (Å²) < 4.78 is 7.18. The Morgan fingerprint density at radius 3 is 2.83 bits per heavy atom. The molecule has 0 radical (unpaired) electrons. The van der Waals surface area contributed by atoms with Gasteiger partial charge in [-0.3, -0.25) is 0 Å². The molecule has 2 heterocycles. The number of rotatable bonds is 2.